The van der Waals surface area contributed by atoms with Crippen LogP contribution in [0.2, 0.25) is 0 Å². The number of aryl methyl sites for hydroxylation is 2. The third kappa shape index (κ3) is 6.79. The first-order chi connectivity index (χ1) is 16.3. The third-order valence-electron chi connectivity index (χ3n) is 5.93. The van der Waals surface area contributed by atoms with E-state index in [1.165, 1.54) is 0 Å². The number of nitrogens with two attached hydrogens (primary N) is 1. The zero-order valence-electron chi connectivity index (χ0n) is 20.8. The second kappa shape index (κ2) is 12.0. The van der Waals surface area contributed by atoms with Gasteiger partial charge in [0.2, 0.25) is 5.91 Å². The van der Waals surface area contributed by atoms with Crippen molar-refractivity contribution in [1.82, 2.24) is 19.9 Å². The van der Waals surface area contributed by atoms with Crippen LogP contribution in [0.25, 0.3) is 0 Å². The summed E-state index contributed by atoms with van der Waals surface area (Å²) in [7, 11) is 0. The van der Waals surface area contributed by atoms with Gasteiger partial charge in [-0.25, -0.2) is 9.97 Å². The molecule has 4 rings (SSSR count). The van der Waals surface area contributed by atoms with E-state index in [1.807, 2.05) is 13.0 Å². The van der Waals surface area contributed by atoms with E-state index in [1.54, 1.807) is 16.8 Å². The van der Waals surface area contributed by atoms with Crippen molar-refractivity contribution in [3.05, 3.63) is 45.6 Å². The lowest BCUT2D eigenvalue weighted by Gasteiger charge is -2.22. The van der Waals surface area contributed by atoms with Gasteiger partial charge in [0, 0.05) is 43.9 Å². The van der Waals surface area contributed by atoms with Crippen molar-refractivity contribution in [2.45, 2.75) is 66.0 Å². The molecule has 1 saturated heterocycles. The van der Waals surface area contributed by atoms with E-state index in [4.69, 9.17) is 10.5 Å². The molecule has 34 heavy (non-hydrogen) atoms. The second-order valence-corrected chi connectivity index (χ2v) is 9.69. The molecule has 1 amide bonds. The first-order valence-corrected chi connectivity index (χ1v) is 12.2. The van der Waals surface area contributed by atoms with Gasteiger partial charge in [0.1, 0.15) is 11.9 Å². The SMILES string of the molecule is CC(C)C.Cc1nc(N)ccc1CNC(=O)C1CCc2cnc(NCC3CCOCC3)c(=O)n21. The average Bonchev–Trinajstić information content (AvgIpc) is 3.23. The molecular formula is C25H38N6O3. The Labute approximate surface area is 201 Å². The van der Waals surface area contributed by atoms with Gasteiger partial charge < -0.3 is 21.1 Å². The molecule has 9 heteroatoms. The standard InChI is InChI=1S/C21H28N6O3.C4H10/c1-13-15(2-5-18(22)26-13)11-25-20(28)17-4-3-16-12-24-19(21(29)27(16)17)23-10-14-6-8-30-9-7-14;1-4(2)3/h2,5,12,14,17H,3-4,6-11H2,1H3,(H2,22,26)(H,23,24)(H,25,28);4H,1-3H3. The first kappa shape index (κ1) is 25.7. The number of anilines is 2. The molecule has 0 aliphatic carbocycles. The molecule has 2 aliphatic rings. The summed E-state index contributed by atoms with van der Waals surface area (Å²) < 4.78 is 6.97. The van der Waals surface area contributed by atoms with E-state index in [9.17, 15) is 9.59 Å². The summed E-state index contributed by atoms with van der Waals surface area (Å²) in [5.41, 5.74) is 7.92. The molecular weight excluding hydrogens is 432 g/mol. The van der Waals surface area contributed by atoms with Crippen molar-refractivity contribution < 1.29 is 9.53 Å². The normalized spacial score (nSPS) is 17.6. The van der Waals surface area contributed by atoms with E-state index in [0.29, 0.717) is 43.5 Å². The van der Waals surface area contributed by atoms with Crippen LogP contribution >= 0.6 is 0 Å². The van der Waals surface area contributed by atoms with Gasteiger partial charge in [-0.3, -0.25) is 14.2 Å². The molecule has 1 atom stereocenters. The fraction of sp³-hybridized carbons (Fsp3) is 0.600. The molecule has 2 aromatic rings. The average molecular weight is 471 g/mol. The lowest BCUT2D eigenvalue weighted by molar-refractivity contribution is -0.124. The zero-order chi connectivity index (χ0) is 24.7. The Hall–Kier alpha value is -2.94. The number of nitrogens with zero attached hydrogens (tertiary/aromatic N) is 3. The number of hydrogen-bond acceptors (Lipinski definition) is 7. The molecule has 4 heterocycles. The number of carbonyl (C=O) groups excluding carboxylic acids is 1. The maximum Gasteiger partial charge on any atom is 0.294 e. The summed E-state index contributed by atoms with van der Waals surface area (Å²) in [6.45, 7) is 10.9. The van der Waals surface area contributed by atoms with Crippen LogP contribution in [0.15, 0.2) is 23.1 Å². The highest BCUT2D eigenvalue weighted by molar-refractivity contribution is 5.81. The van der Waals surface area contributed by atoms with Gasteiger partial charge in [0.15, 0.2) is 5.82 Å². The minimum atomic E-state index is -0.527. The van der Waals surface area contributed by atoms with Crippen LogP contribution in [-0.2, 0) is 22.5 Å². The van der Waals surface area contributed by atoms with Gasteiger partial charge in [-0.2, -0.15) is 0 Å². The molecule has 4 N–H and O–H groups in total. The fourth-order valence-electron chi connectivity index (χ4n) is 4.10. The topological polar surface area (TPSA) is 124 Å². The van der Waals surface area contributed by atoms with Crippen LogP contribution in [-0.4, -0.2) is 40.2 Å². The molecule has 2 aliphatic heterocycles. The number of pyridine rings is 1. The summed E-state index contributed by atoms with van der Waals surface area (Å²) in [5.74, 6) is 1.89. The third-order valence-corrected chi connectivity index (χ3v) is 5.93. The number of fused-ring (bicyclic) bond motifs is 1. The Bertz CT molecular complexity index is 1030. The summed E-state index contributed by atoms with van der Waals surface area (Å²) in [5, 5.41) is 6.13. The number of amides is 1. The highest BCUT2D eigenvalue weighted by atomic mass is 16.5. The zero-order valence-corrected chi connectivity index (χ0v) is 20.8. The summed E-state index contributed by atoms with van der Waals surface area (Å²) >= 11 is 0. The molecule has 0 aromatic carbocycles. The smallest absolute Gasteiger partial charge is 0.294 e. The monoisotopic (exact) mass is 470 g/mol. The van der Waals surface area contributed by atoms with Crippen molar-refractivity contribution in [3.8, 4) is 0 Å². The summed E-state index contributed by atoms with van der Waals surface area (Å²) in [6.07, 6.45) is 4.90. The number of nitrogens with one attached hydrogen (secondary N) is 2. The van der Waals surface area contributed by atoms with E-state index < -0.39 is 6.04 Å². The minimum Gasteiger partial charge on any atom is -0.384 e. The number of ether oxygens (including phenoxy) is 1. The first-order valence-electron chi connectivity index (χ1n) is 12.2. The van der Waals surface area contributed by atoms with Gasteiger partial charge in [0.05, 0.1) is 0 Å². The fourth-order valence-corrected chi connectivity index (χ4v) is 4.10. The quantitative estimate of drug-likeness (QED) is 0.593. The van der Waals surface area contributed by atoms with Gasteiger partial charge in [-0.1, -0.05) is 26.8 Å². The molecule has 2 aromatic heterocycles. The Morgan fingerprint density at radius 3 is 2.62 bits per heavy atom. The van der Waals surface area contributed by atoms with Crippen molar-refractivity contribution in [2.75, 3.05) is 30.8 Å². The van der Waals surface area contributed by atoms with Crippen molar-refractivity contribution in [3.63, 3.8) is 0 Å². The highest BCUT2D eigenvalue weighted by Gasteiger charge is 2.30. The van der Waals surface area contributed by atoms with Crippen LogP contribution in [0.1, 0.15) is 63.0 Å². The van der Waals surface area contributed by atoms with Gasteiger partial charge in [0.25, 0.3) is 5.56 Å². The van der Waals surface area contributed by atoms with Crippen molar-refractivity contribution in [2.24, 2.45) is 11.8 Å². The number of rotatable bonds is 6. The van der Waals surface area contributed by atoms with E-state index in [-0.39, 0.29) is 11.5 Å². The minimum absolute atomic E-state index is 0.173. The van der Waals surface area contributed by atoms with Crippen molar-refractivity contribution >= 4 is 17.5 Å². The van der Waals surface area contributed by atoms with Crippen molar-refractivity contribution in [1.29, 1.82) is 0 Å². The largest absolute Gasteiger partial charge is 0.384 e. The summed E-state index contributed by atoms with van der Waals surface area (Å²) in [6, 6.07) is 3.04. The number of nitrogen functional groups attached to an aromatic ring is 1. The Morgan fingerprint density at radius 2 is 1.94 bits per heavy atom. The molecule has 0 bridgehead atoms. The Kier molecular flexibility index (Phi) is 9.04. The molecule has 0 spiro atoms. The predicted molar refractivity (Wildman–Crippen MR) is 134 cm³/mol. The van der Waals surface area contributed by atoms with Gasteiger partial charge in [-0.05, 0) is 56.1 Å². The lowest BCUT2D eigenvalue weighted by Crippen LogP contribution is -2.37. The number of hydrogen-bond donors (Lipinski definition) is 3. The Balaban J connectivity index is 0.000000751. The van der Waals surface area contributed by atoms with Gasteiger partial charge in [-0.15, -0.1) is 0 Å². The van der Waals surface area contributed by atoms with E-state index in [0.717, 1.165) is 48.9 Å². The number of carbonyl (C=O) groups is 1. The van der Waals surface area contributed by atoms with Crippen LogP contribution in [0, 0.1) is 18.8 Å². The number of aromatic nitrogens is 3. The van der Waals surface area contributed by atoms with E-state index >= 15 is 0 Å². The maximum absolute atomic E-state index is 13.0. The molecule has 186 valence electrons. The van der Waals surface area contributed by atoms with E-state index in [2.05, 4.69) is 41.4 Å². The van der Waals surface area contributed by atoms with Crippen LogP contribution in [0.4, 0.5) is 11.6 Å². The Morgan fingerprint density at radius 1 is 1.24 bits per heavy atom. The second-order valence-electron chi connectivity index (χ2n) is 9.69. The van der Waals surface area contributed by atoms with Gasteiger partial charge >= 0.3 is 0 Å². The van der Waals surface area contributed by atoms with Crippen LogP contribution in [0.3, 0.4) is 0 Å². The molecule has 1 unspecified atom stereocenters. The molecule has 0 saturated carbocycles. The molecule has 1 fully saturated rings. The predicted octanol–water partition coefficient (Wildman–Crippen LogP) is 2.83. The summed E-state index contributed by atoms with van der Waals surface area (Å²) in [4.78, 5) is 34.4. The molecule has 9 nitrogen and oxygen atoms in total. The molecule has 0 radical (unpaired) electrons. The lowest BCUT2D eigenvalue weighted by atomic mass is 10.0. The highest BCUT2D eigenvalue weighted by Crippen LogP contribution is 2.24. The maximum atomic E-state index is 13.0. The van der Waals surface area contributed by atoms with Crippen LogP contribution in [0.5, 0.6) is 0 Å². The van der Waals surface area contributed by atoms with Crippen LogP contribution < -0.4 is 21.9 Å².